The minimum atomic E-state index is -4.92. The van der Waals surface area contributed by atoms with Crippen molar-refractivity contribution < 1.29 is 32.3 Å². The summed E-state index contributed by atoms with van der Waals surface area (Å²) < 4.78 is 50.6. The van der Waals surface area contributed by atoms with Crippen LogP contribution in [0.15, 0.2) is 58.1 Å². The van der Waals surface area contributed by atoms with E-state index >= 15 is 0 Å². The molecule has 10 nitrogen and oxygen atoms in total. The summed E-state index contributed by atoms with van der Waals surface area (Å²) in [6.45, 7) is 5.35. The van der Waals surface area contributed by atoms with Gasteiger partial charge < -0.3 is 14.3 Å². The molecular weight excluding hydrogens is 557 g/mol. The monoisotopic (exact) mass is 580 g/mol. The van der Waals surface area contributed by atoms with Crippen molar-refractivity contribution in [3.05, 3.63) is 80.0 Å². The third-order valence-electron chi connectivity index (χ3n) is 5.45. The van der Waals surface area contributed by atoms with Gasteiger partial charge in [0.25, 0.3) is 0 Å². The Kier molecular flexibility index (Phi) is 7.70. The van der Waals surface area contributed by atoms with E-state index in [1.165, 1.54) is 23.7 Å². The molecule has 0 bridgehead atoms. The molecular formula is C26H24ClF3N4O6. The number of aromatic nitrogens is 4. The highest BCUT2D eigenvalue weighted by molar-refractivity contribution is 6.30. The van der Waals surface area contributed by atoms with Gasteiger partial charge in [0.1, 0.15) is 11.5 Å². The van der Waals surface area contributed by atoms with Crippen LogP contribution in [-0.2, 0) is 18.4 Å². The van der Waals surface area contributed by atoms with Crippen molar-refractivity contribution in [2.75, 3.05) is 0 Å². The van der Waals surface area contributed by atoms with E-state index in [-0.39, 0.29) is 35.9 Å². The third-order valence-corrected chi connectivity index (χ3v) is 5.70. The molecule has 0 aliphatic rings. The van der Waals surface area contributed by atoms with E-state index in [0.717, 1.165) is 16.7 Å². The zero-order valence-electron chi connectivity index (χ0n) is 21.8. The second-order valence-electron chi connectivity index (χ2n) is 10.0. The number of ether oxygens (including phenoxy) is 2. The standard InChI is InChI=1S/C26H24ClF3N4O6/c1-25(2,3)13-19(35)40-34-22(36)20-21(32(4)24(34)37)31-23(33(20)14-15-8-10-16(27)11-9-15)38-17-6-5-7-18(12-17)39-26(28,29)30/h5-12H,13-14H2,1-4H3. The van der Waals surface area contributed by atoms with Gasteiger partial charge in [0.2, 0.25) is 0 Å². The van der Waals surface area contributed by atoms with Gasteiger partial charge in [-0.05, 0) is 35.2 Å². The van der Waals surface area contributed by atoms with Crippen molar-refractivity contribution in [3.63, 3.8) is 0 Å². The van der Waals surface area contributed by atoms with Gasteiger partial charge in [-0.15, -0.1) is 13.2 Å². The molecule has 4 rings (SSSR count). The number of hydrogen-bond donors (Lipinski definition) is 0. The fraction of sp³-hybridized carbons (Fsp3) is 0.308. The van der Waals surface area contributed by atoms with Crippen LogP contribution in [-0.4, -0.2) is 31.2 Å². The molecule has 0 N–H and O–H groups in total. The van der Waals surface area contributed by atoms with E-state index in [0.29, 0.717) is 15.3 Å². The third kappa shape index (κ3) is 6.65. The van der Waals surface area contributed by atoms with Crippen LogP contribution < -0.4 is 25.6 Å². The number of benzene rings is 2. The summed E-state index contributed by atoms with van der Waals surface area (Å²) in [5, 5.41) is 0.465. The first-order valence-electron chi connectivity index (χ1n) is 11.8. The van der Waals surface area contributed by atoms with Gasteiger partial charge in [0.15, 0.2) is 11.2 Å². The Balaban J connectivity index is 1.86. The smallest absolute Gasteiger partial charge is 0.425 e. The fourth-order valence-electron chi connectivity index (χ4n) is 3.76. The fourth-order valence-corrected chi connectivity index (χ4v) is 3.89. The number of carbonyl (C=O) groups excluding carboxylic acids is 1. The molecule has 0 unspecified atom stereocenters. The molecule has 0 radical (unpaired) electrons. The van der Waals surface area contributed by atoms with Gasteiger partial charge in [-0.3, -0.25) is 13.9 Å². The number of carbonyl (C=O) groups is 1. The average molecular weight is 581 g/mol. The number of halogens is 4. The van der Waals surface area contributed by atoms with Crippen LogP contribution in [0.3, 0.4) is 0 Å². The van der Waals surface area contributed by atoms with E-state index in [9.17, 15) is 27.6 Å². The molecule has 0 saturated carbocycles. The van der Waals surface area contributed by atoms with Crippen LogP contribution in [0.5, 0.6) is 17.5 Å². The first-order chi connectivity index (χ1) is 18.6. The SMILES string of the molecule is Cn1c(=O)n(OC(=O)CC(C)(C)C)c(=O)c2c1nc(Oc1cccc(OC(F)(F)F)c1)n2Cc1ccc(Cl)cc1. The minimum Gasteiger partial charge on any atom is -0.425 e. The van der Waals surface area contributed by atoms with Crippen LogP contribution in [0.4, 0.5) is 13.2 Å². The summed E-state index contributed by atoms with van der Waals surface area (Å²) in [6.07, 6.45) is -5.00. The number of imidazole rings is 1. The summed E-state index contributed by atoms with van der Waals surface area (Å²) in [6, 6.07) is 11.1. The lowest BCUT2D eigenvalue weighted by Gasteiger charge is -2.16. The van der Waals surface area contributed by atoms with E-state index in [4.69, 9.17) is 21.2 Å². The van der Waals surface area contributed by atoms with Crippen molar-refractivity contribution in [1.29, 1.82) is 0 Å². The largest absolute Gasteiger partial charge is 0.573 e. The first-order valence-corrected chi connectivity index (χ1v) is 12.2. The maximum Gasteiger partial charge on any atom is 0.573 e. The van der Waals surface area contributed by atoms with Crippen molar-refractivity contribution >= 4 is 28.7 Å². The highest BCUT2D eigenvalue weighted by Crippen LogP contribution is 2.30. The first kappa shape index (κ1) is 28.7. The predicted octanol–water partition coefficient (Wildman–Crippen LogP) is 4.68. The molecule has 212 valence electrons. The number of alkyl halides is 3. The van der Waals surface area contributed by atoms with Crippen LogP contribution in [0.25, 0.3) is 11.2 Å². The van der Waals surface area contributed by atoms with Crippen molar-refractivity contribution in [2.24, 2.45) is 12.5 Å². The molecule has 0 fully saturated rings. The van der Waals surface area contributed by atoms with E-state index in [2.05, 4.69) is 9.72 Å². The summed E-state index contributed by atoms with van der Waals surface area (Å²) in [4.78, 5) is 48.4. The highest BCUT2D eigenvalue weighted by Gasteiger charge is 2.31. The van der Waals surface area contributed by atoms with Crippen LogP contribution in [0.1, 0.15) is 32.8 Å². The molecule has 0 saturated heterocycles. The zero-order chi connectivity index (χ0) is 29.4. The van der Waals surface area contributed by atoms with E-state index < -0.39 is 34.7 Å². The number of fused-ring (bicyclic) bond motifs is 1. The van der Waals surface area contributed by atoms with Gasteiger partial charge >= 0.3 is 29.6 Å². The van der Waals surface area contributed by atoms with Crippen LogP contribution in [0.2, 0.25) is 5.02 Å². The maximum atomic E-state index is 13.5. The average Bonchev–Trinajstić information content (AvgIpc) is 3.18. The number of rotatable bonds is 7. The Morgan fingerprint density at radius 3 is 2.30 bits per heavy atom. The van der Waals surface area contributed by atoms with Crippen LogP contribution in [0, 0.1) is 5.41 Å². The highest BCUT2D eigenvalue weighted by atomic mass is 35.5. The molecule has 0 amide bonds. The Morgan fingerprint density at radius 2 is 1.68 bits per heavy atom. The summed E-state index contributed by atoms with van der Waals surface area (Å²) in [5.41, 5.74) is -2.04. The molecule has 40 heavy (non-hydrogen) atoms. The van der Waals surface area contributed by atoms with E-state index in [1.54, 1.807) is 45.0 Å². The van der Waals surface area contributed by atoms with Crippen molar-refractivity contribution in [2.45, 2.75) is 40.1 Å². The summed E-state index contributed by atoms with van der Waals surface area (Å²) >= 11 is 5.99. The maximum absolute atomic E-state index is 13.5. The lowest BCUT2D eigenvalue weighted by molar-refractivity contribution is -0.274. The minimum absolute atomic E-state index is 0.0227. The molecule has 0 aliphatic carbocycles. The van der Waals surface area contributed by atoms with Gasteiger partial charge in [0, 0.05) is 18.1 Å². The molecule has 0 spiro atoms. The Labute approximate surface area is 230 Å². The molecule has 2 heterocycles. The Hall–Kier alpha value is -4.26. The van der Waals surface area contributed by atoms with Gasteiger partial charge in [-0.25, -0.2) is 9.59 Å². The normalized spacial score (nSPS) is 12.0. The van der Waals surface area contributed by atoms with Gasteiger partial charge in [0.05, 0.1) is 13.0 Å². The van der Waals surface area contributed by atoms with Crippen molar-refractivity contribution in [3.8, 4) is 17.5 Å². The summed E-state index contributed by atoms with van der Waals surface area (Å²) in [7, 11) is 1.32. The number of nitrogens with zero attached hydrogens (tertiary/aromatic N) is 4. The molecule has 4 aromatic rings. The number of hydrogen-bond acceptors (Lipinski definition) is 7. The second kappa shape index (κ2) is 10.7. The lowest BCUT2D eigenvalue weighted by atomic mass is 9.93. The lowest BCUT2D eigenvalue weighted by Crippen LogP contribution is -2.45. The Morgan fingerprint density at radius 1 is 1.02 bits per heavy atom. The molecule has 2 aromatic carbocycles. The van der Waals surface area contributed by atoms with Crippen molar-refractivity contribution in [1.82, 2.24) is 18.8 Å². The topological polar surface area (TPSA) is 107 Å². The molecule has 0 aliphatic heterocycles. The molecule has 2 aromatic heterocycles. The predicted molar refractivity (Wildman–Crippen MR) is 139 cm³/mol. The van der Waals surface area contributed by atoms with Gasteiger partial charge in [-0.2, -0.15) is 4.98 Å². The zero-order valence-corrected chi connectivity index (χ0v) is 22.5. The van der Waals surface area contributed by atoms with E-state index in [1.807, 2.05) is 0 Å². The molecule has 0 atom stereocenters. The molecule has 14 heteroatoms. The Bertz CT molecular complexity index is 1680. The number of aryl methyl sites for hydroxylation is 1. The van der Waals surface area contributed by atoms with Crippen LogP contribution >= 0.6 is 11.6 Å². The summed E-state index contributed by atoms with van der Waals surface area (Å²) in [5.74, 6) is -1.42. The second-order valence-corrected chi connectivity index (χ2v) is 10.5. The quantitative estimate of drug-likeness (QED) is 0.312. The van der Waals surface area contributed by atoms with Gasteiger partial charge in [-0.1, -0.05) is 55.3 Å².